The van der Waals surface area contributed by atoms with Gasteiger partial charge in [0, 0.05) is 31.9 Å². The molecule has 4 rings (SSSR count). The summed E-state index contributed by atoms with van der Waals surface area (Å²) in [6.45, 7) is 1.29. The summed E-state index contributed by atoms with van der Waals surface area (Å²) < 4.78 is 11.3. The molecule has 1 amide bonds. The molecule has 3 heterocycles. The van der Waals surface area contributed by atoms with E-state index in [1.165, 1.54) is 12.4 Å². The zero-order valence-electron chi connectivity index (χ0n) is 15.7. The Kier molecular flexibility index (Phi) is 5.32. The number of oxazole rings is 1. The van der Waals surface area contributed by atoms with E-state index in [0.717, 1.165) is 29.9 Å². The van der Waals surface area contributed by atoms with Crippen molar-refractivity contribution in [2.45, 2.75) is 25.2 Å². The van der Waals surface area contributed by atoms with E-state index < -0.39 is 0 Å². The first-order chi connectivity index (χ1) is 13.7. The monoisotopic (exact) mass is 378 g/mol. The van der Waals surface area contributed by atoms with Gasteiger partial charge in [-0.25, -0.2) is 9.97 Å². The van der Waals surface area contributed by atoms with Crippen molar-refractivity contribution in [1.82, 2.24) is 19.9 Å². The van der Waals surface area contributed by atoms with Crippen molar-refractivity contribution in [3.63, 3.8) is 0 Å². The molecule has 1 aliphatic rings. The van der Waals surface area contributed by atoms with E-state index in [1.54, 1.807) is 19.5 Å². The molecule has 0 bridgehead atoms. The minimum Gasteiger partial charge on any atom is -0.497 e. The lowest BCUT2D eigenvalue weighted by Crippen LogP contribution is -2.39. The van der Waals surface area contributed by atoms with Crippen LogP contribution in [0.5, 0.6) is 5.75 Å². The minimum absolute atomic E-state index is 0.0911. The predicted molar refractivity (Wildman–Crippen MR) is 102 cm³/mol. The zero-order chi connectivity index (χ0) is 19.3. The average molecular weight is 378 g/mol. The normalized spacial score (nSPS) is 16.8. The lowest BCUT2D eigenvalue weighted by Gasteiger charge is -2.30. The maximum absolute atomic E-state index is 12.6. The van der Waals surface area contributed by atoms with Crippen LogP contribution in [0, 0.1) is 0 Å². The highest BCUT2D eigenvalue weighted by Crippen LogP contribution is 2.28. The molecule has 0 radical (unpaired) electrons. The lowest BCUT2D eigenvalue weighted by atomic mass is 9.98. The summed E-state index contributed by atoms with van der Waals surface area (Å²) in [5.41, 5.74) is 1.47. The Morgan fingerprint density at radius 1 is 1.29 bits per heavy atom. The van der Waals surface area contributed by atoms with Gasteiger partial charge in [-0.15, -0.1) is 0 Å². The molecule has 1 aliphatic heterocycles. The molecule has 1 saturated heterocycles. The predicted octanol–water partition coefficient (Wildman–Crippen LogP) is 3.08. The average Bonchev–Trinajstić information content (AvgIpc) is 3.22. The number of hydrogen-bond donors (Lipinski definition) is 0. The highest BCUT2D eigenvalue weighted by atomic mass is 16.5. The van der Waals surface area contributed by atoms with Crippen molar-refractivity contribution in [2.24, 2.45) is 0 Å². The smallest absolute Gasteiger partial charge is 0.274 e. The fraction of sp³-hybridized carbons (Fsp3) is 0.333. The first-order valence-corrected chi connectivity index (χ1v) is 9.36. The van der Waals surface area contributed by atoms with Gasteiger partial charge < -0.3 is 14.1 Å². The molecular formula is C21H22N4O3. The molecule has 0 aliphatic carbocycles. The Morgan fingerprint density at radius 2 is 2.21 bits per heavy atom. The number of nitrogens with zero attached hydrogens (tertiary/aromatic N) is 4. The summed E-state index contributed by atoms with van der Waals surface area (Å²) in [5.74, 6) is 2.31. The number of benzene rings is 1. The lowest BCUT2D eigenvalue weighted by molar-refractivity contribution is 0.0691. The fourth-order valence-corrected chi connectivity index (χ4v) is 3.51. The van der Waals surface area contributed by atoms with E-state index in [9.17, 15) is 4.79 Å². The van der Waals surface area contributed by atoms with Crippen molar-refractivity contribution in [1.29, 1.82) is 0 Å². The molecule has 7 heteroatoms. The Hall–Kier alpha value is -3.22. The fourth-order valence-electron chi connectivity index (χ4n) is 3.51. The number of piperidine rings is 1. The van der Waals surface area contributed by atoms with Crippen LogP contribution in [0.1, 0.15) is 46.5 Å². The second-order valence-corrected chi connectivity index (χ2v) is 6.87. The largest absolute Gasteiger partial charge is 0.497 e. The summed E-state index contributed by atoms with van der Waals surface area (Å²) in [4.78, 5) is 27.0. The standard InChI is InChI=1S/C21H22N4O3/c1-27-17-6-2-4-15(10-17)11-18-12-24-20(28-18)16-5-3-9-25(14-16)21(26)19-13-22-7-8-23-19/h2,4,6-8,10,12-13,16H,3,5,9,11,14H2,1H3/t16-/m1/s1. The van der Waals surface area contributed by atoms with Crippen molar-refractivity contribution >= 4 is 5.91 Å². The number of methoxy groups -OCH3 is 1. The highest BCUT2D eigenvalue weighted by Gasteiger charge is 2.29. The first-order valence-electron chi connectivity index (χ1n) is 9.36. The number of likely N-dealkylation sites (tertiary alicyclic amines) is 1. The number of aromatic nitrogens is 3. The van der Waals surface area contributed by atoms with Gasteiger partial charge in [-0.1, -0.05) is 12.1 Å². The molecule has 144 valence electrons. The van der Waals surface area contributed by atoms with Gasteiger partial charge in [0.15, 0.2) is 5.89 Å². The van der Waals surface area contributed by atoms with Crippen LogP contribution in [0.25, 0.3) is 0 Å². The third-order valence-corrected chi connectivity index (χ3v) is 4.92. The summed E-state index contributed by atoms with van der Waals surface area (Å²) in [6, 6.07) is 7.90. The van der Waals surface area contributed by atoms with E-state index in [1.807, 2.05) is 29.2 Å². The van der Waals surface area contributed by atoms with E-state index in [0.29, 0.717) is 31.1 Å². The molecular weight excluding hydrogens is 356 g/mol. The van der Waals surface area contributed by atoms with Crippen LogP contribution in [-0.4, -0.2) is 46.0 Å². The van der Waals surface area contributed by atoms with Crippen molar-refractivity contribution in [3.8, 4) is 5.75 Å². The second-order valence-electron chi connectivity index (χ2n) is 6.87. The number of hydrogen-bond acceptors (Lipinski definition) is 6. The van der Waals surface area contributed by atoms with Crippen molar-refractivity contribution < 1.29 is 13.9 Å². The zero-order valence-corrected chi connectivity index (χ0v) is 15.7. The van der Waals surface area contributed by atoms with Crippen molar-refractivity contribution in [2.75, 3.05) is 20.2 Å². The van der Waals surface area contributed by atoms with Gasteiger partial charge in [-0.3, -0.25) is 9.78 Å². The number of amides is 1. The Labute approximate surface area is 163 Å². The van der Waals surface area contributed by atoms with E-state index in [2.05, 4.69) is 15.0 Å². The van der Waals surface area contributed by atoms with Gasteiger partial charge >= 0.3 is 0 Å². The van der Waals surface area contributed by atoms with Crippen LogP contribution in [-0.2, 0) is 6.42 Å². The van der Waals surface area contributed by atoms with Crippen LogP contribution in [0.2, 0.25) is 0 Å². The van der Waals surface area contributed by atoms with Gasteiger partial charge in [0.2, 0.25) is 0 Å². The maximum Gasteiger partial charge on any atom is 0.274 e. The summed E-state index contributed by atoms with van der Waals surface area (Å²) in [6.07, 6.45) is 8.88. The van der Waals surface area contributed by atoms with E-state index in [4.69, 9.17) is 9.15 Å². The summed E-state index contributed by atoms with van der Waals surface area (Å²) >= 11 is 0. The third kappa shape index (κ3) is 4.03. The Morgan fingerprint density at radius 3 is 3.04 bits per heavy atom. The molecule has 1 fully saturated rings. The molecule has 2 aromatic heterocycles. The van der Waals surface area contributed by atoms with E-state index in [-0.39, 0.29) is 11.8 Å². The molecule has 0 unspecified atom stereocenters. The topological polar surface area (TPSA) is 81.4 Å². The summed E-state index contributed by atoms with van der Waals surface area (Å²) in [5, 5.41) is 0. The molecule has 0 spiro atoms. The van der Waals surface area contributed by atoms with Gasteiger partial charge in [-0.05, 0) is 30.5 Å². The maximum atomic E-state index is 12.6. The first kappa shape index (κ1) is 18.2. The minimum atomic E-state index is -0.0963. The second kappa shape index (κ2) is 8.21. The van der Waals surface area contributed by atoms with E-state index >= 15 is 0 Å². The molecule has 0 saturated carbocycles. The van der Waals surface area contributed by atoms with Crippen LogP contribution in [0.15, 0.2) is 53.5 Å². The van der Waals surface area contributed by atoms with Crippen LogP contribution in [0.4, 0.5) is 0 Å². The van der Waals surface area contributed by atoms with Gasteiger partial charge in [0.1, 0.15) is 17.2 Å². The molecule has 7 nitrogen and oxygen atoms in total. The van der Waals surface area contributed by atoms with Crippen molar-refractivity contribution in [3.05, 3.63) is 72.0 Å². The molecule has 28 heavy (non-hydrogen) atoms. The number of rotatable bonds is 5. The molecule has 3 aromatic rings. The number of ether oxygens (including phenoxy) is 1. The van der Waals surface area contributed by atoms with Gasteiger partial charge in [0.25, 0.3) is 5.91 Å². The molecule has 0 N–H and O–H groups in total. The van der Waals surface area contributed by atoms with Crippen LogP contribution >= 0.6 is 0 Å². The molecule has 1 aromatic carbocycles. The summed E-state index contributed by atoms with van der Waals surface area (Å²) in [7, 11) is 1.66. The number of carbonyl (C=O) groups excluding carboxylic acids is 1. The van der Waals surface area contributed by atoms with Gasteiger partial charge in [0.05, 0.1) is 25.4 Å². The van der Waals surface area contributed by atoms with Crippen LogP contribution < -0.4 is 4.74 Å². The highest BCUT2D eigenvalue weighted by molar-refractivity contribution is 5.92. The third-order valence-electron chi connectivity index (χ3n) is 4.92. The quantitative estimate of drug-likeness (QED) is 0.679. The number of carbonyl (C=O) groups is 1. The Balaban J connectivity index is 1.43. The molecule has 1 atom stereocenters. The Bertz CT molecular complexity index is 942. The SMILES string of the molecule is COc1cccc(Cc2cnc([C@@H]3CCCN(C(=O)c4cnccn4)C3)o2)c1. The van der Waals surface area contributed by atoms with Crippen LogP contribution in [0.3, 0.4) is 0 Å². The van der Waals surface area contributed by atoms with Gasteiger partial charge in [-0.2, -0.15) is 0 Å².